The largest absolute Gasteiger partial charge is 0.342 e. The van der Waals surface area contributed by atoms with Gasteiger partial charge in [-0.25, -0.2) is 4.98 Å². The predicted molar refractivity (Wildman–Crippen MR) is 75.8 cm³/mol. The topological polar surface area (TPSA) is 78.0 Å². The maximum Gasteiger partial charge on any atom is 0.247 e. The van der Waals surface area contributed by atoms with Crippen LogP contribution in [0.25, 0.3) is 11.2 Å². The quantitative estimate of drug-likeness (QED) is 0.796. The van der Waals surface area contributed by atoms with E-state index < -0.39 is 5.54 Å². The van der Waals surface area contributed by atoms with Gasteiger partial charge in [0, 0.05) is 20.1 Å². The number of H-pyrrole nitrogens is 1. The number of halogens is 1. The Hall–Kier alpha value is -1.89. The van der Waals surface area contributed by atoms with Gasteiger partial charge >= 0.3 is 0 Å². The fourth-order valence-electron chi connectivity index (χ4n) is 2.57. The van der Waals surface area contributed by atoms with Gasteiger partial charge < -0.3 is 14.8 Å². The van der Waals surface area contributed by atoms with Crippen LogP contribution in [-0.4, -0.2) is 56.4 Å². The summed E-state index contributed by atoms with van der Waals surface area (Å²) in [6.45, 7) is 5.07. The molecule has 1 aliphatic heterocycles. The molecule has 0 aliphatic carbocycles. The van der Waals surface area contributed by atoms with Crippen molar-refractivity contribution in [3.63, 3.8) is 0 Å². The summed E-state index contributed by atoms with van der Waals surface area (Å²) in [4.78, 5) is 31.5. The minimum absolute atomic E-state index is 0.0474. The molecule has 0 saturated carbocycles. The standard InChI is InChI=1S/C12H15ClN6O/c1-12(2)10(20)18(3)4-5-19(12)9-7-8(15-6-14-7)16-11(13)17-9/h6H,4-5H2,1-3H3,(H,14,15,16,17). The summed E-state index contributed by atoms with van der Waals surface area (Å²) in [6.07, 6.45) is 1.55. The van der Waals surface area contributed by atoms with Gasteiger partial charge in [0.05, 0.1) is 6.33 Å². The monoisotopic (exact) mass is 294 g/mol. The van der Waals surface area contributed by atoms with Crippen molar-refractivity contribution in [3.05, 3.63) is 11.6 Å². The molecule has 0 spiro atoms. The average Bonchev–Trinajstić information content (AvgIpc) is 2.83. The van der Waals surface area contributed by atoms with Crippen LogP contribution in [0.2, 0.25) is 5.28 Å². The summed E-state index contributed by atoms with van der Waals surface area (Å²) in [5.41, 5.74) is 0.505. The Kier molecular flexibility index (Phi) is 2.82. The lowest BCUT2D eigenvalue weighted by Crippen LogP contribution is -2.62. The van der Waals surface area contributed by atoms with Crippen LogP contribution in [0.4, 0.5) is 5.82 Å². The van der Waals surface area contributed by atoms with Crippen LogP contribution in [0.5, 0.6) is 0 Å². The van der Waals surface area contributed by atoms with Gasteiger partial charge in [-0.1, -0.05) is 0 Å². The molecule has 3 heterocycles. The molecule has 0 bridgehead atoms. The first-order valence-electron chi connectivity index (χ1n) is 6.31. The van der Waals surface area contributed by atoms with E-state index in [1.54, 1.807) is 18.3 Å². The molecule has 8 heteroatoms. The van der Waals surface area contributed by atoms with Crippen molar-refractivity contribution in [2.75, 3.05) is 25.0 Å². The maximum atomic E-state index is 12.4. The highest BCUT2D eigenvalue weighted by Crippen LogP contribution is 2.31. The molecule has 0 radical (unpaired) electrons. The van der Waals surface area contributed by atoms with Gasteiger partial charge in [0.1, 0.15) is 11.1 Å². The molecule has 2 aromatic heterocycles. The molecule has 20 heavy (non-hydrogen) atoms. The molecule has 3 rings (SSSR count). The molecule has 0 unspecified atom stereocenters. The highest BCUT2D eigenvalue weighted by atomic mass is 35.5. The number of rotatable bonds is 1. The van der Waals surface area contributed by atoms with Crippen molar-refractivity contribution in [2.45, 2.75) is 19.4 Å². The second kappa shape index (κ2) is 4.31. The zero-order valence-corrected chi connectivity index (χ0v) is 12.3. The number of amides is 1. The lowest BCUT2D eigenvalue weighted by molar-refractivity contribution is -0.136. The molecule has 1 saturated heterocycles. The molecule has 7 nitrogen and oxygen atoms in total. The molecular weight excluding hydrogens is 280 g/mol. The van der Waals surface area contributed by atoms with Gasteiger partial charge in [0.25, 0.3) is 0 Å². The van der Waals surface area contributed by atoms with Crippen LogP contribution in [0, 0.1) is 0 Å². The zero-order chi connectivity index (χ0) is 14.5. The number of nitrogens with zero attached hydrogens (tertiary/aromatic N) is 5. The SMILES string of the molecule is CN1CCN(c2nc(Cl)nc3nc[nH]c23)C(C)(C)C1=O. The van der Waals surface area contributed by atoms with Crippen LogP contribution in [0.1, 0.15) is 13.8 Å². The van der Waals surface area contributed by atoms with E-state index in [2.05, 4.69) is 19.9 Å². The lowest BCUT2D eigenvalue weighted by Gasteiger charge is -2.45. The summed E-state index contributed by atoms with van der Waals surface area (Å²) >= 11 is 5.96. The minimum Gasteiger partial charge on any atom is -0.342 e. The van der Waals surface area contributed by atoms with Crippen LogP contribution < -0.4 is 4.90 Å². The molecule has 1 amide bonds. The number of hydrogen-bond donors (Lipinski definition) is 1. The lowest BCUT2D eigenvalue weighted by atomic mass is 9.98. The zero-order valence-electron chi connectivity index (χ0n) is 11.5. The molecule has 0 aromatic carbocycles. The fraction of sp³-hybridized carbons (Fsp3) is 0.500. The summed E-state index contributed by atoms with van der Waals surface area (Å²) in [5, 5.41) is 0.127. The van der Waals surface area contributed by atoms with Crippen molar-refractivity contribution in [1.82, 2.24) is 24.8 Å². The maximum absolute atomic E-state index is 12.4. The van der Waals surface area contributed by atoms with E-state index in [1.807, 2.05) is 18.7 Å². The number of imidazole rings is 1. The molecule has 1 aliphatic rings. The molecule has 0 atom stereocenters. The summed E-state index contributed by atoms with van der Waals surface area (Å²) in [6, 6.07) is 0. The van der Waals surface area contributed by atoms with Gasteiger partial charge in [-0.2, -0.15) is 9.97 Å². The molecule has 2 aromatic rings. The van der Waals surface area contributed by atoms with E-state index in [-0.39, 0.29) is 11.2 Å². The second-order valence-electron chi connectivity index (χ2n) is 5.35. The number of aromatic amines is 1. The minimum atomic E-state index is -0.692. The van der Waals surface area contributed by atoms with E-state index in [0.717, 1.165) is 0 Å². The number of hydrogen-bond acceptors (Lipinski definition) is 5. The predicted octanol–water partition coefficient (Wildman–Crippen LogP) is 1.06. The van der Waals surface area contributed by atoms with Gasteiger partial charge in [-0.05, 0) is 25.4 Å². The first-order chi connectivity index (χ1) is 9.41. The van der Waals surface area contributed by atoms with E-state index in [9.17, 15) is 4.79 Å². The second-order valence-corrected chi connectivity index (χ2v) is 5.69. The summed E-state index contributed by atoms with van der Waals surface area (Å²) in [5.74, 6) is 0.662. The molecule has 1 fully saturated rings. The average molecular weight is 295 g/mol. The number of carbonyl (C=O) groups excluding carboxylic acids is 1. The number of nitrogens with one attached hydrogen (secondary N) is 1. The van der Waals surface area contributed by atoms with Gasteiger partial charge in [0.15, 0.2) is 11.5 Å². The first kappa shape index (κ1) is 13.1. The fourth-order valence-corrected chi connectivity index (χ4v) is 2.73. The highest BCUT2D eigenvalue weighted by molar-refractivity contribution is 6.28. The van der Waals surface area contributed by atoms with E-state index in [0.29, 0.717) is 30.1 Å². The van der Waals surface area contributed by atoms with E-state index >= 15 is 0 Å². The third-order valence-corrected chi connectivity index (χ3v) is 3.87. The highest BCUT2D eigenvalue weighted by Gasteiger charge is 2.42. The number of likely N-dealkylation sites (N-methyl/N-ethyl adjacent to an activating group) is 1. The van der Waals surface area contributed by atoms with Crippen molar-refractivity contribution in [3.8, 4) is 0 Å². The molecule has 106 valence electrons. The normalized spacial score (nSPS) is 18.9. The van der Waals surface area contributed by atoms with Crippen molar-refractivity contribution >= 4 is 34.5 Å². The number of fused-ring (bicyclic) bond motifs is 1. The van der Waals surface area contributed by atoms with Crippen LogP contribution in [-0.2, 0) is 4.79 Å². The van der Waals surface area contributed by atoms with E-state index in [1.165, 1.54) is 0 Å². The molecular formula is C12H15ClN6O. The van der Waals surface area contributed by atoms with Gasteiger partial charge in [-0.15, -0.1) is 0 Å². The Morgan fingerprint density at radius 1 is 1.35 bits per heavy atom. The molecule has 1 N–H and O–H groups in total. The Bertz CT molecular complexity index is 682. The van der Waals surface area contributed by atoms with E-state index in [4.69, 9.17) is 11.6 Å². The smallest absolute Gasteiger partial charge is 0.247 e. The van der Waals surface area contributed by atoms with Gasteiger partial charge in [-0.3, -0.25) is 4.79 Å². The Morgan fingerprint density at radius 2 is 2.10 bits per heavy atom. The van der Waals surface area contributed by atoms with Crippen molar-refractivity contribution in [2.24, 2.45) is 0 Å². The number of piperazine rings is 1. The Labute approximate surface area is 121 Å². The number of carbonyl (C=O) groups is 1. The summed E-state index contributed by atoms with van der Waals surface area (Å²) < 4.78 is 0. The van der Waals surface area contributed by atoms with Crippen LogP contribution in [0.15, 0.2) is 6.33 Å². The Balaban J connectivity index is 2.15. The number of aromatic nitrogens is 4. The third kappa shape index (κ3) is 1.81. The number of anilines is 1. The van der Waals surface area contributed by atoms with Crippen molar-refractivity contribution in [1.29, 1.82) is 0 Å². The van der Waals surface area contributed by atoms with Crippen molar-refractivity contribution < 1.29 is 4.79 Å². The third-order valence-electron chi connectivity index (χ3n) is 3.70. The van der Waals surface area contributed by atoms with Crippen LogP contribution >= 0.6 is 11.6 Å². The van der Waals surface area contributed by atoms with Crippen LogP contribution in [0.3, 0.4) is 0 Å². The summed E-state index contributed by atoms with van der Waals surface area (Å²) in [7, 11) is 1.81. The van der Waals surface area contributed by atoms with Gasteiger partial charge in [0.2, 0.25) is 11.2 Å². The first-order valence-corrected chi connectivity index (χ1v) is 6.69. The Morgan fingerprint density at radius 3 is 2.85 bits per heavy atom.